The van der Waals surface area contributed by atoms with E-state index >= 15 is 0 Å². The number of rotatable bonds is 8. The fraction of sp³-hybridized carbons (Fsp3) is 0.379. The van der Waals surface area contributed by atoms with Gasteiger partial charge in [0.05, 0.1) is 30.1 Å². The quantitative estimate of drug-likeness (QED) is 0.190. The van der Waals surface area contributed by atoms with Gasteiger partial charge in [-0.2, -0.15) is 5.10 Å². The Morgan fingerprint density at radius 2 is 1.91 bits per heavy atom. The van der Waals surface area contributed by atoms with Gasteiger partial charge < -0.3 is 20.4 Å². The van der Waals surface area contributed by atoms with Crippen LogP contribution in [0.5, 0.6) is 0 Å². The number of aromatic nitrogens is 6. The van der Waals surface area contributed by atoms with Gasteiger partial charge in [-0.3, -0.25) is 24.0 Å². The Bertz CT molecular complexity index is 1720. The lowest BCUT2D eigenvalue weighted by atomic mass is 9.82. The van der Waals surface area contributed by atoms with E-state index in [0.717, 1.165) is 0 Å². The first kappa shape index (κ1) is 30.3. The van der Waals surface area contributed by atoms with Crippen LogP contribution < -0.4 is 5.32 Å². The first-order chi connectivity index (χ1) is 20.4. The number of aryl methyl sites for hydroxylation is 1. The van der Waals surface area contributed by atoms with E-state index in [-0.39, 0.29) is 43.4 Å². The second-order valence-corrected chi connectivity index (χ2v) is 11.8. The molecule has 1 aliphatic rings. The number of hydrogen-bond acceptors (Lipinski definition) is 10. The molecule has 3 N–H and O–H groups in total. The summed E-state index contributed by atoms with van der Waals surface area (Å²) in [7, 11) is 0. The topological polar surface area (TPSA) is 176 Å². The SMILES string of the molecule is CC(=O)c1nn(CC(=O)N2C[C@](C)([C@H](C)O)C[C@H]2C(=O)Nc2nc(Br)ccc2CO)c2cnc(-c3cnc(C)nc3)cc12. The van der Waals surface area contributed by atoms with E-state index in [1.54, 1.807) is 50.6 Å². The molecular formula is C29H31BrN8O5. The van der Waals surface area contributed by atoms with E-state index in [2.05, 4.69) is 46.3 Å². The number of pyridine rings is 2. The number of halogens is 1. The number of likely N-dealkylation sites (tertiary alicyclic amines) is 1. The molecular weight excluding hydrogens is 620 g/mol. The lowest BCUT2D eigenvalue weighted by Crippen LogP contribution is -2.45. The van der Waals surface area contributed by atoms with Crippen molar-refractivity contribution in [1.29, 1.82) is 0 Å². The van der Waals surface area contributed by atoms with Gasteiger partial charge in [-0.25, -0.2) is 15.0 Å². The van der Waals surface area contributed by atoms with Crippen molar-refractivity contribution in [3.8, 4) is 11.3 Å². The molecule has 13 nitrogen and oxygen atoms in total. The van der Waals surface area contributed by atoms with Gasteiger partial charge in [0.1, 0.15) is 34.5 Å². The van der Waals surface area contributed by atoms with E-state index in [9.17, 15) is 24.6 Å². The number of fused-ring (bicyclic) bond motifs is 1. The molecule has 0 radical (unpaired) electrons. The minimum absolute atomic E-state index is 0.120. The summed E-state index contributed by atoms with van der Waals surface area (Å²) < 4.78 is 1.87. The average Bonchev–Trinajstić information content (AvgIpc) is 3.52. The van der Waals surface area contributed by atoms with Gasteiger partial charge in [0, 0.05) is 47.8 Å². The molecule has 5 rings (SSSR count). The summed E-state index contributed by atoms with van der Waals surface area (Å²) >= 11 is 3.27. The van der Waals surface area contributed by atoms with Crippen LogP contribution in [0.15, 0.2) is 41.4 Å². The maximum atomic E-state index is 13.8. The van der Waals surface area contributed by atoms with Crippen molar-refractivity contribution in [3.63, 3.8) is 0 Å². The Labute approximate surface area is 255 Å². The number of amides is 2. The number of carbonyl (C=O) groups is 3. The predicted molar refractivity (Wildman–Crippen MR) is 160 cm³/mol. The Morgan fingerprint density at radius 3 is 2.56 bits per heavy atom. The Kier molecular flexibility index (Phi) is 8.36. The van der Waals surface area contributed by atoms with Crippen molar-refractivity contribution >= 4 is 50.2 Å². The van der Waals surface area contributed by atoms with Gasteiger partial charge in [0.15, 0.2) is 5.78 Å². The van der Waals surface area contributed by atoms with Gasteiger partial charge in [-0.15, -0.1) is 0 Å². The third-order valence-corrected chi connectivity index (χ3v) is 8.33. The molecule has 0 aliphatic carbocycles. The molecule has 1 aliphatic heterocycles. The molecule has 0 bridgehead atoms. The third kappa shape index (κ3) is 6.03. The van der Waals surface area contributed by atoms with Crippen LogP contribution in [0.1, 0.15) is 49.1 Å². The maximum Gasteiger partial charge on any atom is 0.248 e. The summed E-state index contributed by atoms with van der Waals surface area (Å²) in [6.45, 7) is 6.13. The molecule has 0 spiro atoms. The minimum Gasteiger partial charge on any atom is -0.393 e. The smallest absolute Gasteiger partial charge is 0.248 e. The number of anilines is 1. The monoisotopic (exact) mass is 650 g/mol. The zero-order chi connectivity index (χ0) is 31.1. The molecule has 5 heterocycles. The van der Waals surface area contributed by atoms with Crippen LogP contribution in [0.2, 0.25) is 0 Å². The van der Waals surface area contributed by atoms with Gasteiger partial charge in [-0.05, 0) is 48.3 Å². The predicted octanol–water partition coefficient (Wildman–Crippen LogP) is 2.68. The van der Waals surface area contributed by atoms with Gasteiger partial charge in [0.25, 0.3) is 0 Å². The molecule has 3 atom stereocenters. The van der Waals surface area contributed by atoms with E-state index in [1.165, 1.54) is 16.5 Å². The molecule has 224 valence electrons. The molecule has 0 aromatic carbocycles. The normalized spacial score (nSPS) is 19.0. The highest BCUT2D eigenvalue weighted by molar-refractivity contribution is 9.10. The van der Waals surface area contributed by atoms with Crippen LogP contribution in [0, 0.1) is 12.3 Å². The second-order valence-electron chi connectivity index (χ2n) is 11.0. The van der Waals surface area contributed by atoms with Crippen molar-refractivity contribution < 1.29 is 24.6 Å². The van der Waals surface area contributed by atoms with E-state index in [1.807, 2.05) is 6.92 Å². The highest BCUT2D eigenvalue weighted by Crippen LogP contribution is 2.38. The van der Waals surface area contributed by atoms with Crippen LogP contribution in [0.25, 0.3) is 22.2 Å². The molecule has 0 unspecified atom stereocenters. The van der Waals surface area contributed by atoms with Crippen molar-refractivity contribution in [3.05, 3.63) is 58.5 Å². The largest absolute Gasteiger partial charge is 0.393 e. The van der Waals surface area contributed by atoms with Crippen LogP contribution in [-0.4, -0.2) is 81.1 Å². The summed E-state index contributed by atoms with van der Waals surface area (Å²) in [5.74, 6) is -0.424. The number of aliphatic hydroxyl groups excluding tert-OH is 2. The van der Waals surface area contributed by atoms with Crippen LogP contribution in [0.4, 0.5) is 5.82 Å². The summed E-state index contributed by atoms with van der Waals surface area (Å²) in [5, 5.41) is 28.0. The Hall–Kier alpha value is -4.14. The summed E-state index contributed by atoms with van der Waals surface area (Å²) in [6.07, 6.45) is 4.22. The molecule has 1 saturated heterocycles. The third-order valence-electron chi connectivity index (χ3n) is 7.89. The first-order valence-electron chi connectivity index (χ1n) is 13.6. The molecule has 4 aromatic heterocycles. The number of carbonyl (C=O) groups excluding carboxylic acids is 3. The number of nitrogens with zero attached hydrogens (tertiary/aromatic N) is 7. The fourth-order valence-corrected chi connectivity index (χ4v) is 5.48. The van der Waals surface area contributed by atoms with Gasteiger partial charge in [0.2, 0.25) is 11.8 Å². The maximum absolute atomic E-state index is 13.8. The lowest BCUT2D eigenvalue weighted by molar-refractivity contribution is -0.137. The standard InChI is InChI=1S/C29H31BrN8O5/c1-15(40)26-20-7-21(19-9-31-17(3)32-10-19)33-11-23(20)38(36-26)12-25(42)37-14-29(4,16(2)41)8-22(37)28(43)35-27-18(13-39)5-6-24(30)34-27/h5-7,9-11,16,22,39,41H,8,12-14H2,1-4H3,(H,34,35,43)/t16-,22-,29+/m0/s1. The van der Waals surface area contributed by atoms with Gasteiger partial charge in [-0.1, -0.05) is 13.0 Å². The first-order valence-corrected chi connectivity index (χ1v) is 14.4. The van der Waals surface area contributed by atoms with Crippen LogP contribution in [0.3, 0.4) is 0 Å². The number of ketones is 1. The van der Waals surface area contributed by atoms with Crippen molar-refractivity contribution in [2.24, 2.45) is 5.41 Å². The van der Waals surface area contributed by atoms with Gasteiger partial charge >= 0.3 is 0 Å². The zero-order valence-corrected chi connectivity index (χ0v) is 25.7. The summed E-state index contributed by atoms with van der Waals surface area (Å²) in [5.41, 5.74) is 1.52. The summed E-state index contributed by atoms with van der Waals surface area (Å²) in [6, 6.07) is 4.06. The second kappa shape index (κ2) is 11.9. The Balaban J connectivity index is 1.46. The highest BCUT2D eigenvalue weighted by Gasteiger charge is 2.48. The minimum atomic E-state index is -0.931. The van der Waals surface area contributed by atoms with E-state index in [0.29, 0.717) is 38.2 Å². The zero-order valence-electron chi connectivity index (χ0n) is 24.1. The van der Waals surface area contributed by atoms with Crippen LogP contribution in [-0.2, 0) is 22.7 Å². The summed E-state index contributed by atoms with van der Waals surface area (Å²) in [4.78, 5) is 58.5. The van der Waals surface area contributed by atoms with E-state index in [4.69, 9.17) is 0 Å². The molecule has 0 saturated carbocycles. The number of aliphatic hydroxyl groups is 2. The molecule has 4 aromatic rings. The molecule has 1 fully saturated rings. The average molecular weight is 652 g/mol. The van der Waals surface area contributed by atoms with Crippen molar-refractivity contribution in [1.82, 2.24) is 34.6 Å². The number of Topliss-reactive ketones (excluding diaryl/α,β-unsaturated/α-hetero) is 1. The fourth-order valence-electron chi connectivity index (χ4n) is 5.17. The van der Waals surface area contributed by atoms with Crippen molar-refractivity contribution in [2.45, 2.75) is 59.4 Å². The number of nitrogens with one attached hydrogen (secondary N) is 1. The molecule has 2 amide bonds. The lowest BCUT2D eigenvalue weighted by Gasteiger charge is -2.27. The molecule has 14 heteroatoms. The highest BCUT2D eigenvalue weighted by atomic mass is 79.9. The van der Waals surface area contributed by atoms with Crippen molar-refractivity contribution in [2.75, 3.05) is 11.9 Å². The van der Waals surface area contributed by atoms with Crippen LogP contribution >= 0.6 is 15.9 Å². The van der Waals surface area contributed by atoms with E-state index < -0.39 is 29.4 Å². The Morgan fingerprint density at radius 1 is 1.19 bits per heavy atom. The molecule has 43 heavy (non-hydrogen) atoms. The number of hydrogen-bond donors (Lipinski definition) is 3.